The third-order valence-electron chi connectivity index (χ3n) is 4.01. The summed E-state index contributed by atoms with van der Waals surface area (Å²) in [5.41, 5.74) is 0.776. The second-order valence-electron chi connectivity index (χ2n) is 5.53. The summed E-state index contributed by atoms with van der Waals surface area (Å²) in [5, 5.41) is 13.0. The highest BCUT2D eigenvalue weighted by atomic mass is 32.1. The normalized spacial score (nSPS) is 16.3. The SMILES string of the molecule is CO[C@H](CNc1nc2nonc2nc1N1CCOCC1)c1cccs1. The molecule has 0 radical (unpaired) electrons. The van der Waals surface area contributed by atoms with Crippen molar-refractivity contribution < 1.29 is 14.1 Å². The number of ether oxygens (including phenoxy) is 2. The van der Waals surface area contributed by atoms with Gasteiger partial charge in [0.05, 0.1) is 13.2 Å². The van der Waals surface area contributed by atoms with Crippen molar-refractivity contribution in [1.29, 1.82) is 0 Å². The molecule has 1 aliphatic heterocycles. The zero-order valence-electron chi connectivity index (χ0n) is 13.7. The lowest BCUT2D eigenvalue weighted by Crippen LogP contribution is -2.37. The van der Waals surface area contributed by atoms with Gasteiger partial charge in [0.1, 0.15) is 6.10 Å². The minimum atomic E-state index is -0.0644. The Balaban J connectivity index is 1.60. The first-order valence-electron chi connectivity index (χ1n) is 7.98. The van der Waals surface area contributed by atoms with E-state index in [0.717, 1.165) is 23.8 Å². The maximum absolute atomic E-state index is 5.59. The van der Waals surface area contributed by atoms with Gasteiger partial charge in [-0.2, -0.15) is 0 Å². The van der Waals surface area contributed by atoms with Crippen LogP contribution in [0.1, 0.15) is 11.0 Å². The molecule has 3 aromatic rings. The van der Waals surface area contributed by atoms with Crippen LogP contribution in [-0.4, -0.2) is 60.2 Å². The number of nitrogens with zero attached hydrogens (tertiary/aromatic N) is 5. The highest BCUT2D eigenvalue weighted by Gasteiger charge is 2.21. The fourth-order valence-corrected chi connectivity index (χ4v) is 3.51. The second kappa shape index (κ2) is 7.30. The summed E-state index contributed by atoms with van der Waals surface area (Å²) in [6.07, 6.45) is -0.0644. The number of nitrogens with one attached hydrogen (secondary N) is 1. The molecule has 25 heavy (non-hydrogen) atoms. The van der Waals surface area contributed by atoms with Gasteiger partial charge in [-0.15, -0.1) is 11.3 Å². The molecule has 0 spiro atoms. The number of hydrogen-bond acceptors (Lipinski definition) is 10. The van der Waals surface area contributed by atoms with Crippen molar-refractivity contribution in [3.05, 3.63) is 22.4 Å². The van der Waals surface area contributed by atoms with E-state index in [1.165, 1.54) is 0 Å². The van der Waals surface area contributed by atoms with Crippen LogP contribution >= 0.6 is 11.3 Å². The monoisotopic (exact) mass is 362 g/mol. The van der Waals surface area contributed by atoms with Crippen LogP contribution in [0.5, 0.6) is 0 Å². The van der Waals surface area contributed by atoms with Crippen molar-refractivity contribution in [3.63, 3.8) is 0 Å². The van der Waals surface area contributed by atoms with E-state index >= 15 is 0 Å². The van der Waals surface area contributed by atoms with E-state index in [4.69, 9.17) is 14.1 Å². The van der Waals surface area contributed by atoms with Crippen LogP contribution in [0.25, 0.3) is 11.3 Å². The van der Waals surface area contributed by atoms with E-state index in [1.807, 2.05) is 11.4 Å². The van der Waals surface area contributed by atoms with E-state index in [0.29, 0.717) is 36.9 Å². The highest BCUT2D eigenvalue weighted by molar-refractivity contribution is 7.10. The van der Waals surface area contributed by atoms with Crippen LogP contribution < -0.4 is 10.2 Å². The summed E-state index contributed by atoms with van der Waals surface area (Å²) < 4.78 is 15.8. The molecule has 0 aromatic carbocycles. The van der Waals surface area contributed by atoms with Gasteiger partial charge in [0.25, 0.3) is 0 Å². The van der Waals surface area contributed by atoms with Gasteiger partial charge >= 0.3 is 0 Å². The van der Waals surface area contributed by atoms with Crippen LogP contribution in [-0.2, 0) is 9.47 Å². The van der Waals surface area contributed by atoms with Crippen molar-refractivity contribution in [2.75, 3.05) is 50.2 Å². The largest absolute Gasteiger partial charge is 0.378 e. The Morgan fingerprint density at radius 2 is 2.08 bits per heavy atom. The summed E-state index contributed by atoms with van der Waals surface area (Å²) >= 11 is 1.66. The Kier molecular flexibility index (Phi) is 4.72. The Morgan fingerprint density at radius 3 is 2.80 bits per heavy atom. The topological polar surface area (TPSA) is 98.4 Å². The number of aromatic nitrogens is 4. The molecular formula is C15H18N6O3S. The maximum atomic E-state index is 5.59. The van der Waals surface area contributed by atoms with Crippen molar-refractivity contribution in [2.45, 2.75) is 6.10 Å². The third kappa shape index (κ3) is 3.41. The predicted octanol–water partition coefficient (Wildman–Crippen LogP) is 1.71. The van der Waals surface area contributed by atoms with Crippen molar-refractivity contribution in [2.24, 2.45) is 0 Å². The molecule has 3 aromatic heterocycles. The molecule has 0 unspecified atom stereocenters. The van der Waals surface area contributed by atoms with E-state index in [2.05, 4.69) is 36.6 Å². The Morgan fingerprint density at radius 1 is 1.28 bits per heavy atom. The van der Waals surface area contributed by atoms with Gasteiger partial charge in [-0.1, -0.05) is 6.07 Å². The molecule has 1 fully saturated rings. The number of methoxy groups -OCH3 is 1. The van der Waals surface area contributed by atoms with Crippen molar-refractivity contribution in [3.8, 4) is 0 Å². The fourth-order valence-electron chi connectivity index (χ4n) is 2.71. The number of anilines is 2. The van der Waals surface area contributed by atoms with Gasteiger partial charge < -0.3 is 19.7 Å². The first kappa shape index (κ1) is 16.2. The maximum Gasteiger partial charge on any atom is 0.245 e. The zero-order valence-corrected chi connectivity index (χ0v) is 14.5. The molecule has 132 valence electrons. The molecular weight excluding hydrogens is 344 g/mol. The standard InChI is InChI=1S/C15H18N6O3S/c1-22-10(11-3-2-8-25-11)9-16-14-15(21-4-6-23-7-5-21)18-13-12(17-14)19-24-20-13/h2-3,8,10H,4-7,9H2,1H3,(H,16,17,19)/t10-/m1/s1. The van der Waals surface area contributed by atoms with Gasteiger partial charge in [0, 0.05) is 31.6 Å². The van der Waals surface area contributed by atoms with Gasteiger partial charge in [-0.05, 0) is 21.8 Å². The molecule has 9 nitrogen and oxygen atoms in total. The molecule has 1 aliphatic rings. The average molecular weight is 362 g/mol. The summed E-state index contributed by atoms with van der Waals surface area (Å²) in [7, 11) is 1.70. The summed E-state index contributed by atoms with van der Waals surface area (Å²) in [5.74, 6) is 1.37. The van der Waals surface area contributed by atoms with Crippen molar-refractivity contribution in [1.82, 2.24) is 20.3 Å². The fraction of sp³-hybridized carbons (Fsp3) is 0.467. The first-order chi connectivity index (χ1) is 12.3. The molecule has 0 aliphatic carbocycles. The molecule has 10 heteroatoms. The van der Waals surface area contributed by atoms with Gasteiger partial charge in [0.15, 0.2) is 11.6 Å². The van der Waals surface area contributed by atoms with Crippen LogP contribution in [0.3, 0.4) is 0 Å². The molecule has 4 heterocycles. The number of fused-ring (bicyclic) bond motifs is 1. The van der Waals surface area contributed by atoms with E-state index < -0.39 is 0 Å². The molecule has 0 bridgehead atoms. The lowest BCUT2D eigenvalue weighted by atomic mass is 10.3. The minimum Gasteiger partial charge on any atom is -0.378 e. The minimum absolute atomic E-state index is 0.0644. The van der Waals surface area contributed by atoms with E-state index in [9.17, 15) is 0 Å². The Bertz CT molecular complexity index is 818. The molecule has 0 saturated carbocycles. The summed E-state index contributed by atoms with van der Waals surface area (Å²) in [6.45, 7) is 3.38. The van der Waals surface area contributed by atoms with Crippen LogP contribution in [0.4, 0.5) is 11.6 Å². The molecule has 1 atom stereocenters. The zero-order chi connectivity index (χ0) is 17.1. The lowest BCUT2D eigenvalue weighted by molar-refractivity contribution is 0.117. The van der Waals surface area contributed by atoms with Crippen LogP contribution in [0.2, 0.25) is 0 Å². The number of hydrogen-bond donors (Lipinski definition) is 1. The molecule has 1 saturated heterocycles. The first-order valence-corrected chi connectivity index (χ1v) is 8.86. The van der Waals surface area contributed by atoms with Crippen LogP contribution in [0.15, 0.2) is 22.1 Å². The predicted molar refractivity (Wildman–Crippen MR) is 93.0 cm³/mol. The molecule has 4 rings (SSSR count). The summed E-state index contributed by atoms with van der Waals surface area (Å²) in [6, 6.07) is 4.07. The lowest BCUT2D eigenvalue weighted by Gasteiger charge is -2.29. The molecule has 1 N–H and O–H groups in total. The Hall–Kier alpha value is -2.30. The van der Waals surface area contributed by atoms with E-state index in [-0.39, 0.29) is 6.10 Å². The Labute approximate surface area is 147 Å². The number of thiophene rings is 1. The van der Waals surface area contributed by atoms with Gasteiger partial charge in [-0.25, -0.2) is 14.6 Å². The van der Waals surface area contributed by atoms with Crippen molar-refractivity contribution >= 4 is 34.3 Å². The second-order valence-corrected chi connectivity index (χ2v) is 6.51. The average Bonchev–Trinajstić information content (AvgIpc) is 3.34. The van der Waals surface area contributed by atoms with E-state index in [1.54, 1.807) is 18.4 Å². The van der Waals surface area contributed by atoms with Crippen LogP contribution in [0, 0.1) is 0 Å². The number of rotatable bonds is 6. The quantitative estimate of drug-likeness (QED) is 0.702. The van der Waals surface area contributed by atoms with Gasteiger partial charge in [-0.3, -0.25) is 0 Å². The number of morpholine rings is 1. The smallest absolute Gasteiger partial charge is 0.245 e. The third-order valence-corrected chi connectivity index (χ3v) is 4.97. The summed E-state index contributed by atoms with van der Waals surface area (Å²) in [4.78, 5) is 12.4. The van der Waals surface area contributed by atoms with Gasteiger partial charge in [0.2, 0.25) is 11.3 Å². The molecule has 0 amide bonds. The highest BCUT2D eigenvalue weighted by Crippen LogP contribution is 2.27.